The predicted octanol–water partition coefficient (Wildman–Crippen LogP) is 3.36. The third-order valence-electron chi connectivity index (χ3n) is 4.00. The SMILES string of the molecule is FC(F)c1nc2ccccc2n1-c1nc(Cl)nc(OC2CCOCC2)n1. The second-order valence-corrected chi connectivity index (χ2v) is 6.05. The lowest BCUT2D eigenvalue weighted by atomic mass is 10.2. The molecule has 26 heavy (non-hydrogen) atoms. The van der Waals surface area contributed by atoms with Crippen LogP contribution < -0.4 is 4.74 Å². The first kappa shape index (κ1) is 17.0. The van der Waals surface area contributed by atoms with Crippen molar-refractivity contribution in [1.82, 2.24) is 24.5 Å². The number of nitrogens with zero attached hydrogens (tertiary/aromatic N) is 5. The summed E-state index contributed by atoms with van der Waals surface area (Å²) in [4.78, 5) is 16.1. The summed E-state index contributed by atoms with van der Waals surface area (Å²) < 4.78 is 39.2. The second-order valence-electron chi connectivity index (χ2n) is 5.71. The average Bonchev–Trinajstić information content (AvgIpc) is 3.02. The fourth-order valence-corrected chi connectivity index (χ4v) is 2.97. The van der Waals surface area contributed by atoms with Crippen LogP contribution in [0, 0.1) is 0 Å². The highest BCUT2D eigenvalue weighted by Crippen LogP contribution is 2.27. The van der Waals surface area contributed by atoms with Gasteiger partial charge in [0.25, 0.3) is 6.43 Å². The Balaban J connectivity index is 1.78. The van der Waals surface area contributed by atoms with Crippen molar-refractivity contribution in [2.75, 3.05) is 13.2 Å². The molecule has 4 rings (SSSR count). The van der Waals surface area contributed by atoms with E-state index in [-0.39, 0.29) is 23.3 Å². The molecule has 0 unspecified atom stereocenters. The van der Waals surface area contributed by atoms with Gasteiger partial charge in [-0.3, -0.25) is 4.57 Å². The minimum absolute atomic E-state index is 0.00935. The molecule has 0 saturated carbocycles. The molecule has 136 valence electrons. The molecule has 1 aliphatic heterocycles. The Morgan fingerprint density at radius 2 is 1.88 bits per heavy atom. The van der Waals surface area contributed by atoms with Gasteiger partial charge in [0.05, 0.1) is 24.2 Å². The summed E-state index contributed by atoms with van der Waals surface area (Å²) in [6.07, 6.45) is -1.55. The minimum Gasteiger partial charge on any atom is -0.460 e. The molecule has 3 heterocycles. The first-order valence-electron chi connectivity index (χ1n) is 8.03. The van der Waals surface area contributed by atoms with Crippen molar-refractivity contribution in [3.63, 3.8) is 0 Å². The molecule has 0 N–H and O–H groups in total. The van der Waals surface area contributed by atoms with Crippen LogP contribution in [0.2, 0.25) is 5.28 Å². The third kappa shape index (κ3) is 3.32. The zero-order valence-electron chi connectivity index (χ0n) is 13.5. The largest absolute Gasteiger partial charge is 0.460 e. The molecule has 0 spiro atoms. The minimum atomic E-state index is -2.81. The lowest BCUT2D eigenvalue weighted by Crippen LogP contribution is -2.27. The fraction of sp³-hybridized carbons (Fsp3) is 0.375. The van der Waals surface area contributed by atoms with E-state index < -0.39 is 12.2 Å². The average molecular weight is 382 g/mol. The number of para-hydroxylation sites is 2. The zero-order valence-corrected chi connectivity index (χ0v) is 14.2. The summed E-state index contributed by atoms with van der Waals surface area (Å²) in [5, 5.41) is -0.143. The maximum absolute atomic E-state index is 13.5. The Labute approximate surface area is 152 Å². The Morgan fingerprint density at radius 1 is 1.12 bits per heavy atom. The van der Waals surface area contributed by atoms with Crippen molar-refractivity contribution >= 4 is 22.6 Å². The smallest absolute Gasteiger partial charge is 0.322 e. The molecule has 7 nitrogen and oxygen atoms in total. The van der Waals surface area contributed by atoms with Gasteiger partial charge in [0, 0.05) is 12.8 Å². The highest BCUT2D eigenvalue weighted by atomic mass is 35.5. The summed E-state index contributed by atoms with van der Waals surface area (Å²) in [6, 6.07) is 6.72. The summed E-state index contributed by atoms with van der Waals surface area (Å²) in [7, 11) is 0. The predicted molar refractivity (Wildman–Crippen MR) is 88.9 cm³/mol. The van der Waals surface area contributed by atoms with Crippen LogP contribution >= 0.6 is 11.6 Å². The first-order chi connectivity index (χ1) is 12.6. The van der Waals surface area contributed by atoms with E-state index in [4.69, 9.17) is 21.1 Å². The monoisotopic (exact) mass is 381 g/mol. The Hall–Kier alpha value is -2.39. The van der Waals surface area contributed by atoms with Crippen molar-refractivity contribution in [3.8, 4) is 12.0 Å². The molecule has 0 amide bonds. The molecule has 1 aromatic carbocycles. The van der Waals surface area contributed by atoms with Crippen LogP contribution in [0.4, 0.5) is 8.78 Å². The number of ether oxygens (including phenoxy) is 2. The molecule has 0 atom stereocenters. The molecule has 10 heteroatoms. The number of fused-ring (bicyclic) bond motifs is 1. The lowest BCUT2D eigenvalue weighted by molar-refractivity contribution is 0.0216. The maximum atomic E-state index is 13.5. The summed E-state index contributed by atoms with van der Waals surface area (Å²) in [6.45, 7) is 1.16. The van der Waals surface area contributed by atoms with Crippen LogP contribution in [-0.2, 0) is 4.74 Å². The highest BCUT2D eigenvalue weighted by molar-refractivity contribution is 6.28. The van der Waals surface area contributed by atoms with E-state index in [1.165, 1.54) is 4.57 Å². The van der Waals surface area contributed by atoms with E-state index >= 15 is 0 Å². The van der Waals surface area contributed by atoms with Crippen LogP contribution in [0.1, 0.15) is 25.1 Å². The molecular formula is C16H14ClF2N5O2. The molecule has 0 radical (unpaired) electrons. The molecule has 1 fully saturated rings. The van der Waals surface area contributed by atoms with Gasteiger partial charge in [-0.25, -0.2) is 13.8 Å². The van der Waals surface area contributed by atoms with Crippen molar-refractivity contribution in [2.45, 2.75) is 25.4 Å². The van der Waals surface area contributed by atoms with Gasteiger partial charge in [-0.2, -0.15) is 15.0 Å². The van der Waals surface area contributed by atoms with Crippen molar-refractivity contribution in [3.05, 3.63) is 35.4 Å². The van der Waals surface area contributed by atoms with Crippen LogP contribution in [0.3, 0.4) is 0 Å². The van der Waals surface area contributed by atoms with Crippen LogP contribution in [-0.4, -0.2) is 43.8 Å². The fourth-order valence-electron chi connectivity index (χ4n) is 2.82. The van der Waals surface area contributed by atoms with Crippen molar-refractivity contribution in [1.29, 1.82) is 0 Å². The van der Waals surface area contributed by atoms with E-state index in [1.807, 2.05) is 0 Å². The lowest BCUT2D eigenvalue weighted by Gasteiger charge is -2.22. The number of hydrogen-bond acceptors (Lipinski definition) is 6. The molecule has 1 saturated heterocycles. The Morgan fingerprint density at radius 3 is 2.65 bits per heavy atom. The molecule has 0 aliphatic carbocycles. The van der Waals surface area contributed by atoms with Gasteiger partial charge < -0.3 is 9.47 Å². The summed E-state index contributed by atoms with van der Waals surface area (Å²) in [5.41, 5.74) is 0.855. The second kappa shape index (κ2) is 7.08. The molecule has 0 bridgehead atoms. The van der Waals surface area contributed by atoms with Crippen LogP contribution in [0.5, 0.6) is 6.01 Å². The van der Waals surface area contributed by atoms with Gasteiger partial charge in [0.2, 0.25) is 11.2 Å². The molecule has 2 aromatic heterocycles. The number of alkyl halides is 2. The Bertz CT molecular complexity index is 930. The number of benzene rings is 1. The number of aromatic nitrogens is 5. The summed E-state index contributed by atoms with van der Waals surface area (Å²) >= 11 is 5.98. The van der Waals surface area contributed by atoms with E-state index in [2.05, 4.69) is 19.9 Å². The van der Waals surface area contributed by atoms with E-state index in [1.54, 1.807) is 24.3 Å². The van der Waals surface area contributed by atoms with Gasteiger partial charge in [-0.1, -0.05) is 12.1 Å². The van der Waals surface area contributed by atoms with Crippen molar-refractivity contribution in [2.24, 2.45) is 0 Å². The topological polar surface area (TPSA) is 75.0 Å². The van der Waals surface area contributed by atoms with Crippen LogP contribution in [0.15, 0.2) is 24.3 Å². The highest BCUT2D eigenvalue weighted by Gasteiger charge is 2.23. The molecule has 1 aliphatic rings. The quantitative estimate of drug-likeness (QED) is 0.689. The summed E-state index contributed by atoms with van der Waals surface area (Å²) in [5.74, 6) is -0.526. The number of halogens is 3. The standard InChI is InChI=1S/C16H14ClF2N5O2/c17-14-21-15(23-16(22-14)26-9-5-7-25-8-6-9)24-11-4-2-1-3-10(11)20-13(24)12(18)19/h1-4,9,12H,5-8H2. The van der Waals surface area contributed by atoms with E-state index in [0.29, 0.717) is 37.1 Å². The maximum Gasteiger partial charge on any atom is 0.322 e. The normalized spacial score (nSPS) is 15.7. The van der Waals surface area contributed by atoms with Crippen molar-refractivity contribution < 1.29 is 18.3 Å². The van der Waals surface area contributed by atoms with E-state index in [0.717, 1.165) is 0 Å². The number of imidazole rings is 1. The van der Waals surface area contributed by atoms with Gasteiger partial charge in [-0.05, 0) is 23.7 Å². The number of rotatable bonds is 4. The molecule has 3 aromatic rings. The van der Waals surface area contributed by atoms with Crippen LogP contribution in [0.25, 0.3) is 17.0 Å². The zero-order chi connectivity index (χ0) is 18.1. The van der Waals surface area contributed by atoms with Gasteiger partial charge in [0.15, 0.2) is 5.82 Å². The van der Waals surface area contributed by atoms with Gasteiger partial charge in [-0.15, -0.1) is 0 Å². The number of hydrogen-bond donors (Lipinski definition) is 0. The van der Waals surface area contributed by atoms with E-state index in [9.17, 15) is 8.78 Å². The molecular weight excluding hydrogens is 368 g/mol. The first-order valence-corrected chi connectivity index (χ1v) is 8.41. The van der Waals surface area contributed by atoms with Gasteiger partial charge in [0.1, 0.15) is 6.10 Å². The third-order valence-corrected chi connectivity index (χ3v) is 4.17. The Kier molecular flexibility index (Phi) is 4.64. The van der Waals surface area contributed by atoms with Gasteiger partial charge >= 0.3 is 6.01 Å².